The minimum Gasteiger partial charge on any atom is -0.323 e. The minimum atomic E-state index is -0.0446. The molecule has 1 aliphatic heterocycles. The molecule has 0 saturated carbocycles. The normalized spacial score (nSPS) is 16.4. The molecule has 156 valence electrons. The smallest absolute Gasteiger partial charge is 0.227 e. The van der Waals surface area contributed by atoms with Crippen LogP contribution in [0.15, 0.2) is 66.7 Å². The van der Waals surface area contributed by atoms with Gasteiger partial charge in [-0.05, 0) is 48.5 Å². The first-order chi connectivity index (χ1) is 15.0. The number of carbonyl (C=O) groups excluding carboxylic acids is 1. The van der Waals surface area contributed by atoms with Gasteiger partial charge in [0.15, 0.2) is 0 Å². The largest absolute Gasteiger partial charge is 0.323 e. The summed E-state index contributed by atoms with van der Waals surface area (Å²) in [6.07, 6.45) is 0.391. The highest BCUT2D eigenvalue weighted by atomic mass is 35.5. The number of imidazole rings is 1. The van der Waals surface area contributed by atoms with Crippen molar-refractivity contribution in [2.75, 3.05) is 11.4 Å². The van der Waals surface area contributed by atoms with Crippen molar-refractivity contribution in [1.29, 1.82) is 0 Å². The van der Waals surface area contributed by atoms with Gasteiger partial charge in [0, 0.05) is 45.2 Å². The zero-order chi connectivity index (χ0) is 21.5. The number of hydrogen-bond donors (Lipinski definition) is 0. The van der Waals surface area contributed by atoms with Gasteiger partial charge in [-0.25, -0.2) is 4.98 Å². The molecule has 0 aliphatic carbocycles. The Morgan fingerprint density at radius 3 is 2.35 bits per heavy atom. The average Bonchev–Trinajstić information content (AvgIpc) is 3.32. The number of carbonyl (C=O) groups is 1. The van der Waals surface area contributed by atoms with E-state index in [1.54, 1.807) is 17.0 Å². The Hall–Kier alpha value is -2.53. The van der Waals surface area contributed by atoms with Crippen molar-refractivity contribution >= 4 is 57.4 Å². The molecule has 1 saturated heterocycles. The Morgan fingerprint density at radius 1 is 0.903 bits per heavy atom. The van der Waals surface area contributed by atoms with E-state index in [0.29, 0.717) is 34.6 Å². The quantitative estimate of drug-likeness (QED) is 0.338. The Balaban J connectivity index is 1.55. The van der Waals surface area contributed by atoms with Crippen LogP contribution < -0.4 is 4.90 Å². The number of benzene rings is 3. The first kappa shape index (κ1) is 20.4. The number of nitrogens with zero attached hydrogens (tertiary/aromatic N) is 3. The van der Waals surface area contributed by atoms with Crippen LogP contribution in [0.1, 0.15) is 23.7 Å². The van der Waals surface area contributed by atoms with Crippen LogP contribution in [-0.4, -0.2) is 22.0 Å². The van der Waals surface area contributed by atoms with Crippen LogP contribution in [0.2, 0.25) is 15.1 Å². The molecule has 2 heterocycles. The number of para-hydroxylation sites is 2. The fourth-order valence-corrected chi connectivity index (χ4v) is 4.81. The van der Waals surface area contributed by atoms with Gasteiger partial charge in [0.1, 0.15) is 5.82 Å². The Labute approximate surface area is 195 Å². The molecule has 4 aromatic rings. The third-order valence-electron chi connectivity index (χ3n) is 5.69. The van der Waals surface area contributed by atoms with Gasteiger partial charge in [0.2, 0.25) is 5.91 Å². The van der Waals surface area contributed by atoms with E-state index in [-0.39, 0.29) is 11.8 Å². The van der Waals surface area contributed by atoms with Gasteiger partial charge >= 0.3 is 0 Å². The van der Waals surface area contributed by atoms with Crippen LogP contribution in [0.4, 0.5) is 5.69 Å². The van der Waals surface area contributed by atoms with Crippen LogP contribution in [0, 0.1) is 0 Å². The molecule has 0 spiro atoms. The molecule has 1 amide bonds. The van der Waals surface area contributed by atoms with Crippen molar-refractivity contribution in [3.05, 3.63) is 93.2 Å². The van der Waals surface area contributed by atoms with Crippen LogP contribution in [-0.2, 0) is 11.3 Å². The fourth-order valence-electron chi connectivity index (χ4n) is 4.16. The standard InChI is InChI=1S/C24H18Cl3N3O/c25-16-8-10-17(11-9-16)29-13-15(12-23(29)31)24-28-21-6-1-2-7-22(21)30(24)14-18-19(26)4-3-5-20(18)27/h1-11,15H,12-14H2. The lowest BCUT2D eigenvalue weighted by Crippen LogP contribution is -2.24. The maximum atomic E-state index is 12.9. The zero-order valence-corrected chi connectivity index (χ0v) is 18.7. The number of aromatic nitrogens is 2. The number of hydrogen-bond acceptors (Lipinski definition) is 2. The summed E-state index contributed by atoms with van der Waals surface area (Å²) in [5.41, 5.74) is 3.56. The van der Waals surface area contributed by atoms with E-state index in [1.165, 1.54) is 0 Å². The van der Waals surface area contributed by atoms with Gasteiger partial charge in [-0.3, -0.25) is 4.79 Å². The van der Waals surface area contributed by atoms with E-state index in [0.717, 1.165) is 28.1 Å². The molecule has 0 N–H and O–H groups in total. The molecule has 4 nitrogen and oxygen atoms in total. The van der Waals surface area contributed by atoms with Crippen LogP contribution >= 0.6 is 34.8 Å². The second kappa shape index (κ2) is 8.19. The van der Waals surface area contributed by atoms with Crippen molar-refractivity contribution in [3.8, 4) is 0 Å². The van der Waals surface area contributed by atoms with E-state index in [4.69, 9.17) is 39.8 Å². The summed E-state index contributed by atoms with van der Waals surface area (Å²) in [5, 5.41) is 1.87. The van der Waals surface area contributed by atoms with Crippen molar-refractivity contribution < 1.29 is 4.79 Å². The first-order valence-electron chi connectivity index (χ1n) is 9.95. The first-order valence-corrected chi connectivity index (χ1v) is 11.1. The van der Waals surface area contributed by atoms with Gasteiger partial charge in [-0.1, -0.05) is 53.0 Å². The zero-order valence-electron chi connectivity index (χ0n) is 16.4. The lowest BCUT2D eigenvalue weighted by molar-refractivity contribution is -0.117. The lowest BCUT2D eigenvalue weighted by atomic mass is 10.1. The molecule has 1 atom stereocenters. The summed E-state index contributed by atoms with van der Waals surface area (Å²) in [6, 6.07) is 20.8. The van der Waals surface area contributed by atoms with Crippen molar-refractivity contribution in [2.45, 2.75) is 18.9 Å². The number of fused-ring (bicyclic) bond motifs is 1. The monoisotopic (exact) mass is 469 g/mol. The van der Waals surface area contributed by atoms with Crippen LogP contribution in [0.3, 0.4) is 0 Å². The summed E-state index contributed by atoms with van der Waals surface area (Å²) >= 11 is 18.9. The van der Waals surface area contributed by atoms with E-state index in [2.05, 4.69) is 4.57 Å². The molecule has 0 bridgehead atoms. The molecule has 1 aliphatic rings. The van der Waals surface area contributed by atoms with Crippen LogP contribution in [0.25, 0.3) is 11.0 Å². The summed E-state index contributed by atoms with van der Waals surface area (Å²) in [6.45, 7) is 1.04. The van der Waals surface area contributed by atoms with E-state index < -0.39 is 0 Å². The topological polar surface area (TPSA) is 38.1 Å². The third kappa shape index (κ3) is 3.80. The van der Waals surface area contributed by atoms with Gasteiger partial charge in [0.25, 0.3) is 0 Å². The predicted octanol–water partition coefficient (Wildman–Crippen LogP) is 6.57. The van der Waals surface area contributed by atoms with Gasteiger partial charge in [-0.2, -0.15) is 0 Å². The van der Waals surface area contributed by atoms with Gasteiger partial charge < -0.3 is 9.47 Å². The number of halogens is 3. The second-order valence-electron chi connectivity index (χ2n) is 7.63. The van der Waals surface area contributed by atoms with Gasteiger partial charge in [-0.15, -0.1) is 0 Å². The SMILES string of the molecule is O=C1CC(c2nc3ccccc3n2Cc2c(Cl)cccc2Cl)CN1c1ccc(Cl)cc1. The third-order valence-corrected chi connectivity index (χ3v) is 6.65. The summed E-state index contributed by atoms with van der Waals surface area (Å²) in [4.78, 5) is 19.6. The molecular formula is C24H18Cl3N3O. The highest BCUT2D eigenvalue weighted by Gasteiger charge is 2.35. The lowest BCUT2D eigenvalue weighted by Gasteiger charge is -2.18. The second-order valence-corrected chi connectivity index (χ2v) is 8.88. The Bertz CT molecular complexity index is 1260. The van der Waals surface area contributed by atoms with Crippen LogP contribution in [0.5, 0.6) is 0 Å². The maximum Gasteiger partial charge on any atom is 0.227 e. The molecule has 3 aromatic carbocycles. The highest BCUT2D eigenvalue weighted by molar-refractivity contribution is 6.36. The average molecular weight is 471 g/mol. The van der Waals surface area contributed by atoms with Crippen molar-refractivity contribution in [2.24, 2.45) is 0 Å². The molecular weight excluding hydrogens is 453 g/mol. The molecule has 7 heteroatoms. The van der Waals surface area contributed by atoms with Crippen molar-refractivity contribution in [1.82, 2.24) is 9.55 Å². The predicted molar refractivity (Wildman–Crippen MR) is 126 cm³/mol. The minimum absolute atomic E-state index is 0.0446. The number of anilines is 1. The molecule has 5 rings (SSSR count). The van der Waals surface area contributed by atoms with E-state index >= 15 is 0 Å². The number of amides is 1. The molecule has 31 heavy (non-hydrogen) atoms. The van der Waals surface area contributed by atoms with E-state index in [9.17, 15) is 4.79 Å². The van der Waals surface area contributed by atoms with Crippen molar-refractivity contribution in [3.63, 3.8) is 0 Å². The fraction of sp³-hybridized carbons (Fsp3) is 0.167. The summed E-state index contributed by atoms with van der Waals surface area (Å²) < 4.78 is 2.13. The molecule has 0 radical (unpaired) electrons. The molecule has 1 unspecified atom stereocenters. The van der Waals surface area contributed by atoms with E-state index in [1.807, 2.05) is 54.6 Å². The summed E-state index contributed by atoms with van der Waals surface area (Å²) in [5.74, 6) is 0.889. The maximum absolute atomic E-state index is 12.9. The summed E-state index contributed by atoms with van der Waals surface area (Å²) in [7, 11) is 0. The molecule has 1 aromatic heterocycles. The Morgan fingerprint density at radius 2 is 1.61 bits per heavy atom. The van der Waals surface area contributed by atoms with Gasteiger partial charge in [0.05, 0.1) is 17.6 Å². The molecule has 1 fully saturated rings. The number of rotatable bonds is 4. The highest BCUT2D eigenvalue weighted by Crippen LogP contribution is 2.35. The Kier molecular flexibility index (Phi) is 5.39.